The van der Waals surface area contributed by atoms with Gasteiger partial charge in [0.2, 0.25) is 0 Å². The van der Waals surface area contributed by atoms with E-state index in [0.717, 1.165) is 0 Å². The van der Waals surface area contributed by atoms with E-state index in [-0.39, 0.29) is 17.7 Å². The minimum Gasteiger partial charge on any atom is -0.508 e. The Hall–Kier alpha value is -3.43. The predicted octanol–water partition coefficient (Wildman–Crippen LogP) is 2.80. The summed E-state index contributed by atoms with van der Waals surface area (Å²) in [5.74, 6) is 3.90. The molecule has 0 aliphatic heterocycles. The molecule has 0 saturated carbocycles. The molecule has 0 aliphatic carbocycles. The number of phenols is 1. The van der Waals surface area contributed by atoms with E-state index in [9.17, 15) is 19.8 Å². The maximum Gasteiger partial charge on any atom is 0.348 e. The molecule has 1 aromatic heterocycles. The fourth-order valence-corrected chi connectivity index (χ4v) is 2.51. The number of rotatable bonds is 2. The molecule has 0 amide bonds. The summed E-state index contributed by atoms with van der Waals surface area (Å²) < 4.78 is 4.93. The van der Waals surface area contributed by atoms with E-state index in [1.165, 1.54) is 30.3 Å². The van der Waals surface area contributed by atoms with E-state index < -0.39 is 22.8 Å². The highest BCUT2D eigenvalue weighted by Gasteiger charge is 2.20. The van der Waals surface area contributed by atoms with Gasteiger partial charge in [-0.1, -0.05) is 29.5 Å². The zero-order chi connectivity index (χ0) is 18.7. The lowest BCUT2D eigenvalue weighted by Gasteiger charge is -2.06. The smallest absolute Gasteiger partial charge is 0.348 e. The lowest BCUT2D eigenvalue weighted by atomic mass is 10.1. The molecule has 26 heavy (non-hydrogen) atoms. The monoisotopic (exact) mass is 369 g/mol. The molecule has 2 aromatic carbocycles. The number of benzene rings is 2. The molecule has 0 unspecified atom stereocenters. The summed E-state index contributed by atoms with van der Waals surface area (Å²) in [6.45, 7) is -0.286. The van der Waals surface area contributed by atoms with Gasteiger partial charge < -0.3 is 19.9 Å². The number of aromatic hydroxyl groups is 2. The van der Waals surface area contributed by atoms with Gasteiger partial charge in [0.15, 0.2) is 12.2 Å². The maximum atomic E-state index is 12.1. The van der Waals surface area contributed by atoms with E-state index in [1.807, 2.05) is 0 Å². The largest absolute Gasteiger partial charge is 0.508 e. The highest BCUT2D eigenvalue weighted by molar-refractivity contribution is 6.31. The van der Waals surface area contributed by atoms with Crippen LogP contribution in [0, 0.1) is 11.8 Å². The number of aromatic nitrogens is 1. The summed E-state index contributed by atoms with van der Waals surface area (Å²) >= 11 is 5.84. The Morgan fingerprint density at radius 2 is 2.00 bits per heavy atom. The van der Waals surface area contributed by atoms with Crippen molar-refractivity contribution >= 4 is 28.5 Å². The standard InChI is InChI=1S/C19H12ClNO5/c20-12-6-7-14-15(10-12)21-18(24)16(17(14)23)19(25)26-8-2-4-11-3-1-5-13(22)9-11/h1,3,5-7,9-10,22H,8H2,(H2,21,23,24). The summed E-state index contributed by atoms with van der Waals surface area (Å²) in [4.78, 5) is 26.7. The number of carbonyl (C=O) groups excluding carboxylic acids is 1. The number of hydrogen-bond acceptors (Lipinski definition) is 5. The first-order valence-corrected chi connectivity index (χ1v) is 7.83. The van der Waals surface area contributed by atoms with Crippen molar-refractivity contribution in [3.63, 3.8) is 0 Å². The van der Waals surface area contributed by atoms with Crippen LogP contribution in [0.2, 0.25) is 5.02 Å². The first-order valence-electron chi connectivity index (χ1n) is 7.45. The van der Waals surface area contributed by atoms with Crippen LogP contribution in [0.3, 0.4) is 0 Å². The summed E-state index contributed by atoms with van der Waals surface area (Å²) in [6, 6.07) is 10.8. The predicted molar refractivity (Wildman–Crippen MR) is 96.5 cm³/mol. The van der Waals surface area contributed by atoms with Crippen LogP contribution in [0.1, 0.15) is 15.9 Å². The van der Waals surface area contributed by atoms with Crippen molar-refractivity contribution in [2.75, 3.05) is 6.61 Å². The van der Waals surface area contributed by atoms with E-state index >= 15 is 0 Å². The number of esters is 1. The van der Waals surface area contributed by atoms with Gasteiger partial charge in [-0.15, -0.1) is 0 Å². The van der Waals surface area contributed by atoms with Gasteiger partial charge in [0.05, 0.1) is 5.52 Å². The number of carbonyl (C=O) groups is 1. The Balaban J connectivity index is 1.80. The highest BCUT2D eigenvalue weighted by atomic mass is 35.5. The quantitative estimate of drug-likeness (QED) is 0.476. The molecular formula is C19H12ClNO5. The van der Waals surface area contributed by atoms with Crippen molar-refractivity contribution in [2.24, 2.45) is 0 Å². The fourth-order valence-electron chi connectivity index (χ4n) is 2.34. The van der Waals surface area contributed by atoms with E-state index in [1.54, 1.807) is 12.1 Å². The van der Waals surface area contributed by atoms with Crippen molar-refractivity contribution in [2.45, 2.75) is 0 Å². The average molecular weight is 370 g/mol. The zero-order valence-electron chi connectivity index (χ0n) is 13.2. The van der Waals surface area contributed by atoms with Crippen molar-refractivity contribution in [3.8, 4) is 23.3 Å². The summed E-state index contributed by atoms with van der Waals surface area (Å²) in [6.07, 6.45) is 0. The van der Waals surface area contributed by atoms with Crippen LogP contribution in [-0.2, 0) is 4.74 Å². The van der Waals surface area contributed by atoms with Crippen molar-refractivity contribution in [1.29, 1.82) is 0 Å². The summed E-state index contributed by atoms with van der Waals surface area (Å²) in [5, 5.41) is 20.2. The Morgan fingerprint density at radius 1 is 1.19 bits per heavy atom. The molecule has 3 N–H and O–H groups in total. The van der Waals surface area contributed by atoms with Crippen molar-refractivity contribution in [3.05, 3.63) is 69.0 Å². The second kappa shape index (κ2) is 7.21. The fraction of sp³-hybridized carbons (Fsp3) is 0.0526. The van der Waals surface area contributed by atoms with Gasteiger partial charge in [0.1, 0.15) is 11.5 Å². The summed E-state index contributed by atoms with van der Waals surface area (Å²) in [5.41, 5.74) is -0.438. The van der Waals surface area contributed by atoms with E-state index in [2.05, 4.69) is 16.8 Å². The number of pyridine rings is 1. The number of halogens is 1. The molecule has 7 heteroatoms. The lowest BCUT2D eigenvalue weighted by molar-refractivity contribution is 0.0551. The molecule has 1 heterocycles. The molecule has 0 aliphatic rings. The number of hydrogen-bond donors (Lipinski definition) is 3. The molecule has 0 spiro atoms. The Labute approximate surface area is 152 Å². The first kappa shape index (κ1) is 17.4. The van der Waals surface area contributed by atoms with Crippen LogP contribution in [0.4, 0.5) is 0 Å². The molecule has 0 fully saturated rings. The summed E-state index contributed by atoms with van der Waals surface area (Å²) in [7, 11) is 0. The van der Waals surface area contributed by atoms with Crippen LogP contribution in [0.5, 0.6) is 11.5 Å². The highest BCUT2D eigenvalue weighted by Crippen LogP contribution is 2.27. The second-order valence-electron chi connectivity index (χ2n) is 5.30. The average Bonchev–Trinajstić information content (AvgIpc) is 2.58. The molecule has 6 nitrogen and oxygen atoms in total. The number of aromatic amines is 1. The number of H-pyrrole nitrogens is 1. The van der Waals surface area contributed by atoms with Crippen LogP contribution in [0.25, 0.3) is 10.9 Å². The van der Waals surface area contributed by atoms with E-state index in [0.29, 0.717) is 16.1 Å². The SMILES string of the molecule is O=C(OCC#Cc1cccc(O)c1)c1c(O)c2ccc(Cl)cc2[nH]c1=O. The third-order valence-corrected chi connectivity index (χ3v) is 3.74. The van der Waals surface area contributed by atoms with Gasteiger partial charge in [0, 0.05) is 16.0 Å². The van der Waals surface area contributed by atoms with Gasteiger partial charge >= 0.3 is 5.97 Å². The minimum atomic E-state index is -0.995. The molecule has 0 bridgehead atoms. The molecule has 3 rings (SSSR count). The zero-order valence-corrected chi connectivity index (χ0v) is 14.0. The number of nitrogens with one attached hydrogen (secondary N) is 1. The number of fused-ring (bicyclic) bond motifs is 1. The lowest BCUT2D eigenvalue weighted by Crippen LogP contribution is -2.20. The second-order valence-corrected chi connectivity index (χ2v) is 5.73. The molecular weight excluding hydrogens is 358 g/mol. The van der Waals surface area contributed by atoms with Crippen LogP contribution in [0.15, 0.2) is 47.3 Å². The van der Waals surface area contributed by atoms with Crippen LogP contribution < -0.4 is 5.56 Å². The molecule has 0 radical (unpaired) electrons. The van der Waals surface area contributed by atoms with Gasteiger partial charge in [-0.25, -0.2) is 4.79 Å². The van der Waals surface area contributed by atoms with Gasteiger partial charge in [-0.2, -0.15) is 0 Å². The molecule has 3 aromatic rings. The number of phenolic OH excluding ortho intramolecular Hbond substituents is 1. The molecule has 0 saturated heterocycles. The first-order chi connectivity index (χ1) is 12.5. The van der Waals surface area contributed by atoms with Crippen molar-refractivity contribution in [1.82, 2.24) is 4.98 Å². The molecule has 0 atom stereocenters. The Kier molecular flexibility index (Phi) is 4.83. The van der Waals surface area contributed by atoms with E-state index in [4.69, 9.17) is 16.3 Å². The van der Waals surface area contributed by atoms with Gasteiger partial charge in [0.25, 0.3) is 5.56 Å². The topological polar surface area (TPSA) is 99.6 Å². The van der Waals surface area contributed by atoms with Crippen molar-refractivity contribution < 1.29 is 19.7 Å². The maximum absolute atomic E-state index is 12.1. The van der Waals surface area contributed by atoms with Gasteiger partial charge in [-0.3, -0.25) is 4.79 Å². The third kappa shape index (κ3) is 3.63. The third-order valence-electron chi connectivity index (χ3n) is 3.51. The van der Waals surface area contributed by atoms with Crippen LogP contribution >= 0.6 is 11.6 Å². The minimum absolute atomic E-state index is 0.0709. The number of ether oxygens (including phenoxy) is 1. The van der Waals surface area contributed by atoms with Crippen LogP contribution in [-0.4, -0.2) is 27.8 Å². The normalized spacial score (nSPS) is 10.2. The Morgan fingerprint density at radius 3 is 2.77 bits per heavy atom. The molecule has 130 valence electrons. The van der Waals surface area contributed by atoms with Gasteiger partial charge in [-0.05, 0) is 36.4 Å². The Bertz CT molecular complexity index is 1120.